The van der Waals surface area contributed by atoms with E-state index in [2.05, 4.69) is 4.98 Å². The van der Waals surface area contributed by atoms with Crippen molar-refractivity contribution >= 4 is 23.1 Å². The second kappa shape index (κ2) is 4.73. The topological polar surface area (TPSA) is 72.2 Å². The number of aryl methyl sites for hydroxylation is 1. The average molecular weight is 264 g/mol. The van der Waals surface area contributed by atoms with E-state index >= 15 is 0 Å². The zero-order chi connectivity index (χ0) is 13.3. The Morgan fingerprint density at radius 2 is 2.22 bits per heavy atom. The third-order valence-corrected chi connectivity index (χ3v) is 3.45. The number of carbonyl (C=O) groups is 2. The lowest BCUT2D eigenvalue weighted by atomic mass is 10.2. The fraction of sp³-hybridized carbons (Fsp3) is 0.250. The van der Waals surface area contributed by atoms with Gasteiger partial charge in [-0.15, -0.1) is 11.3 Å². The average Bonchev–Trinajstić information content (AvgIpc) is 2.85. The molecule has 0 saturated heterocycles. The number of carbonyl (C=O) groups excluding carboxylic acids is 1. The Bertz CT molecular complexity index is 613. The Morgan fingerprint density at radius 1 is 1.50 bits per heavy atom. The van der Waals surface area contributed by atoms with Gasteiger partial charge < -0.3 is 9.67 Å². The van der Waals surface area contributed by atoms with Gasteiger partial charge in [-0.05, 0) is 19.9 Å². The summed E-state index contributed by atoms with van der Waals surface area (Å²) in [5.74, 6) is -1.19. The first kappa shape index (κ1) is 12.5. The summed E-state index contributed by atoms with van der Waals surface area (Å²) < 4.78 is 1.54. The maximum Gasteiger partial charge on any atom is 0.352 e. The molecular formula is C12H12N2O3S. The van der Waals surface area contributed by atoms with Crippen molar-refractivity contribution in [2.75, 3.05) is 0 Å². The molecule has 1 N–H and O–H groups in total. The van der Waals surface area contributed by atoms with Crippen LogP contribution < -0.4 is 0 Å². The third kappa shape index (κ3) is 2.48. The molecule has 0 aliphatic carbocycles. The van der Waals surface area contributed by atoms with Crippen LogP contribution >= 0.6 is 11.3 Å². The van der Waals surface area contributed by atoms with Crippen molar-refractivity contribution in [2.24, 2.45) is 0 Å². The Labute approximate surface area is 108 Å². The predicted molar refractivity (Wildman–Crippen MR) is 67.3 cm³/mol. The smallest absolute Gasteiger partial charge is 0.352 e. The lowest BCUT2D eigenvalue weighted by Gasteiger charge is -2.02. The van der Waals surface area contributed by atoms with Gasteiger partial charge in [-0.1, -0.05) is 0 Å². The Morgan fingerprint density at radius 3 is 2.72 bits per heavy atom. The predicted octanol–water partition coefficient (Wildman–Crippen LogP) is 2.20. The lowest BCUT2D eigenvalue weighted by Crippen LogP contribution is -2.08. The van der Waals surface area contributed by atoms with Crippen molar-refractivity contribution in [3.8, 4) is 0 Å². The second-order valence-corrected chi connectivity index (χ2v) is 4.93. The summed E-state index contributed by atoms with van der Waals surface area (Å²) in [6.07, 6.45) is 1.56. The van der Waals surface area contributed by atoms with Crippen molar-refractivity contribution < 1.29 is 14.7 Å². The molecule has 0 aliphatic heterocycles. The first-order valence-electron chi connectivity index (χ1n) is 5.33. The van der Waals surface area contributed by atoms with E-state index in [-0.39, 0.29) is 11.5 Å². The van der Waals surface area contributed by atoms with E-state index in [0.717, 1.165) is 10.7 Å². The van der Waals surface area contributed by atoms with E-state index < -0.39 is 5.97 Å². The summed E-state index contributed by atoms with van der Waals surface area (Å²) >= 11 is 1.47. The summed E-state index contributed by atoms with van der Waals surface area (Å²) in [4.78, 5) is 26.7. The van der Waals surface area contributed by atoms with Crippen LogP contribution in [0.25, 0.3) is 0 Å². The van der Waals surface area contributed by atoms with E-state index in [1.165, 1.54) is 28.9 Å². The van der Waals surface area contributed by atoms with Crippen LogP contribution in [0.1, 0.15) is 38.5 Å². The third-order valence-electron chi connectivity index (χ3n) is 2.49. The Kier molecular flexibility index (Phi) is 3.29. The van der Waals surface area contributed by atoms with E-state index in [4.69, 9.17) is 5.11 Å². The number of hydrogen-bond acceptors (Lipinski definition) is 4. The number of aromatic carboxylic acids is 1. The lowest BCUT2D eigenvalue weighted by molar-refractivity contribution is 0.0685. The highest BCUT2D eigenvalue weighted by Gasteiger charge is 2.15. The number of carboxylic acid groups (broad SMARTS) is 1. The molecule has 0 spiro atoms. The molecule has 0 aromatic carbocycles. The van der Waals surface area contributed by atoms with Crippen LogP contribution in [0.15, 0.2) is 17.6 Å². The summed E-state index contributed by atoms with van der Waals surface area (Å²) in [6.45, 7) is 3.67. The number of nitrogens with zero attached hydrogens (tertiary/aromatic N) is 2. The SMILES string of the molecule is CC(=O)c1cc(C(=O)O)n(Cc2nc(C)cs2)c1. The van der Waals surface area contributed by atoms with Gasteiger partial charge in [0, 0.05) is 22.8 Å². The van der Waals surface area contributed by atoms with Crippen LogP contribution in [0.3, 0.4) is 0 Å². The van der Waals surface area contributed by atoms with Gasteiger partial charge in [0.25, 0.3) is 0 Å². The maximum atomic E-state index is 11.3. The van der Waals surface area contributed by atoms with Crippen LogP contribution in [0.5, 0.6) is 0 Å². The summed E-state index contributed by atoms with van der Waals surface area (Å²) in [5, 5.41) is 11.8. The fourth-order valence-electron chi connectivity index (χ4n) is 1.63. The van der Waals surface area contributed by atoms with Gasteiger partial charge in [0.15, 0.2) is 5.78 Å². The van der Waals surface area contributed by atoms with Crippen LogP contribution in [0.4, 0.5) is 0 Å². The van der Waals surface area contributed by atoms with E-state index in [1.807, 2.05) is 12.3 Å². The molecule has 94 valence electrons. The molecule has 0 aliphatic rings. The molecule has 2 aromatic rings. The number of rotatable bonds is 4. The normalized spacial score (nSPS) is 10.6. The standard InChI is InChI=1S/C12H12N2O3S/c1-7-6-18-11(13-7)5-14-4-9(8(2)15)3-10(14)12(16)17/h3-4,6H,5H2,1-2H3,(H,16,17). The minimum absolute atomic E-state index is 0.105. The Balaban J connectivity index is 2.36. The van der Waals surface area contributed by atoms with Gasteiger partial charge in [-0.25, -0.2) is 9.78 Å². The molecule has 0 unspecified atom stereocenters. The van der Waals surface area contributed by atoms with Gasteiger partial charge in [-0.3, -0.25) is 4.79 Å². The van der Waals surface area contributed by atoms with E-state index in [9.17, 15) is 9.59 Å². The molecule has 2 heterocycles. The highest BCUT2D eigenvalue weighted by molar-refractivity contribution is 7.09. The summed E-state index contributed by atoms with van der Waals surface area (Å²) in [6, 6.07) is 1.39. The molecular weight excluding hydrogens is 252 g/mol. The zero-order valence-electron chi connectivity index (χ0n) is 10.0. The molecule has 5 nitrogen and oxygen atoms in total. The molecule has 2 aromatic heterocycles. The molecule has 6 heteroatoms. The second-order valence-electron chi connectivity index (χ2n) is 3.99. The van der Waals surface area contributed by atoms with Crippen molar-refractivity contribution in [2.45, 2.75) is 20.4 Å². The first-order valence-corrected chi connectivity index (χ1v) is 6.20. The van der Waals surface area contributed by atoms with Crippen molar-refractivity contribution in [1.82, 2.24) is 9.55 Å². The molecule has 0 fully saturated rings. The number of thiazole rings is 1. The van der Waals surface area contributed by atoms with Crippen molar-refractivity contribution in [1.29, 1.82) is 0 Å². The molecule has 18 heavy (non-hydrogen) atoms. The monoisotopic (exact) mass is 264 g/mol. The molecule has 0 radical (unpaired) electrons. The van der Waals surface area contributed by atoms with E-state index in [1.54, 1.807) is 6.20 Å². The summed E-state index contributed by atoms with van der Waals surface area (Å²) in [7, 11) is 0. The Hall–Kier alpha value is -1.95. The van der Waals surface area contributed by atoms with Gasteiger partial charge in [0.1, 0.15) is 10.7 Å². The number of ketones is 1. The molecule has 2 rings (SSSR count). The van der Waals surface area contributed by atoms with Crippen molar-refractivity contribution in [3.05, 3.63) is 39.6 Å². The van der Waals surface area contributed by atoms with Gasteiger partial charge >= 0.3 is 5.97 Å². The quantitative estimate of drug-likeness (QED) is 0.859. The van der Waals surface area contributed by atoms with Gasteiger partial charge in [0.2, 0.25) is 0 Å². The van der Waals surface area contributed by atoms with Gasteiger partial charge in [0.05, 0.1) is 6.54 Å². The highest BCUT2D eigenvalue weighted by Crippen LogP contribution is 2.15. The molecule has 0 amide bonds. The number of carboxylic acids is 1. The molecule has 0 atom stereocenters. The van der Waals surface area contributed by atoms with Gasteiger partial charge in [-0.2, -0.15) is 0 Å². The van der Waals surface area contributed by atoms with Crippen LogP contribution in [-0.2, 0) is 6.54 Å². The van der Waals surface area contributed by atoms with Crippen LogP contribution in [0.2, 0.25) is 0 Å². The minimum Gasteiger partial charge on any atom is -0.477 e. The largest absolute Gasteiger partial charge is 0.477 e. The van der Waals surface area contributed by atoms with E-state index in [0.29, 0.717) is 12.1 Å². The van der Waals surface area contributed by atoms with Crippen LogP contribution in [-0.4, -0.2) is 26.4 Å². The van der Waals surface area contributed by atoms with Crippen LogP contribution in [0, 0.1) is 6.92 Å². The number of hydrogen-bond donors (Lipinski definition) is 1. The summed E-state index contributed by atoms with van der Waals surface area (Å²) in [5.41, 5.74) is 1.42. The van der Waals surface area contributed by atoms with Crippen molar-refractivity contribution in [3.63, 3.8) is 0 Å². The number of Topliss-reactive ketones (excluding diaryl/α,β-unsaturated/α-hetero) is 1. The maximum absolute atomic E-state index is 11.3. The fourth-order valence-corrected chi connectivity index (χ4v) is 2.40. The highest BCUT2D eigenvalue weighted by atomic mass is 32.1. The minimum atomic E-state index is -1.05. The molecule has 0 bridgehead atoms. The zero-order valence-corrected chi connectivity index (χ0v) is 10.8. The number of aromatic nitrogens is 2. The molecule has 0 saturated carbocycles. The first-order chi connectivity index (χ1) is 8.47.